The van der Waals surface area contributed by atoms with E-state index in [0.29, 0.717) is 25.2 Å². The highest BCUT2D eigenvalue weighted by Crippen LogP contribution is 2.15. The quantitative estimate of drug-likeness (QED) is 0.724. The molecule has 18 heavy (non-hydrogen) atoms. The third-order valence-electron chi connectivity index (χ3n) is 2.62. The molecule has 1 amide bonds. The van der Waals surface area contributed by atoms with E-state index in [0.717, 1.165) is 12.1 Å². The zero-order chi connectivity index (χ0) is 13.4. The van der Waals surface area contributed by atoms with Gasteiger partial charge in [0.05, 0.1) is 11.6 Å². The molecule has 0 aliphatic heterocycles. The first-order valence-corrected chi connectivity index (χ1v) is 6.03. The van der Waals surface area contributed by atoms with Gasteiger partial charge in [-0.15, -0.1) is 0 Å². The van der Waals surface area contributed by atoms with Gasteiger partial charge in [0.2, 0.25) is 5.91 Å². The normalized spacial score (nSPS) is 9.83. The summed E-state index contributed by atoms with van der Waals surface area (Å²) in [6.07, 6.45) is 1.17. The molecular weight excluding hydrogens is 228 g/mol. The summed E-state index contributed by atoms with van der Waals surface area (Å²) < 4.78 is 5.19. The topological polar surface area (TPSA) is 53.3 Å². The maximum atomic E-state index is 11.9. The van der Waals surface area contributed by atoms with Crippen LogP contribution in [0.1, 0.15) is 25.3 Å². The van der Waals surface area contributed by atoms with Crippen molar-refractivity contribution in [3.05, 3.63) is 29.8 Å². The Morgan fingerprint density at radius 1 is 1.50 bits per heavy atom. The fourth-order valence-electron chi connectivity index (χ4n) is 1.57. The molecule has 0 unspecified atom stereocenters. The van der Waals surface area contributed by atoms with Crippen molar-refractivity contribution in [1.29, 1.82) is 5.26 Å². The van der Waals surface area contributed by atoms with E-state index in [2.05, 4.69) is 6.07 Å². The van der Waals surface area contributed by atoms with Crippen molar-refractivity contribution in [1.82, 2.24) is 0 Å². The molecule has 1 aromatic rings. The molecule has 0 N–H and O–H groups in total. The lowest BCUT2D eigenvalue weighted by atomic mass is 10.2. The molecule has 0 aromatic heterocycles. The number of carbonyl (C=O) groups is 1. The van der Waals surface area contributed by atoms with Crippen LogP contribution in [0.25, 0.3) is 0 Å². The Bertz CT molecular complexity index is 438. The minimum absolute atomic E-state index is 0.0322. The Balaban J connectivity index is 2.55. The van der Waals surface area contributed by atoms with Crippen LogP contribution in [-0.4, -0.2) is 26.2 Å². The van der Waals surface area contributed by atoms with Crippen molar-refractivity contribution < 1.29 is 9.53 Å². The number of carbonyl (C=O) groups excluding carboxylic acids is 1. The lowest BCUT2D eigenvalue weighted by molar-refractivity contribution is -0.118. The number of benzene rings is 1. The third-order valence-corrected chi connectivity index (χ3v) is 2.62. The Hall–Kier alpha value is -1.86. The van der Waals surface area contributed by atoms with Gasteiger partial charge < -0.3 is 9.64 Å². The summed E-state index contributed by atoms with van der Waals surface area (Å²) in [6.45, 7) is 3.21. The van der Waals surface area contributed by atoms with E-state index in [1.165, 1.54) is 0 Å². The van der Waals surface area contributed by atoms with Crippen molar-refractivity contribution in [3.8, 4) is 6.07 Å². The molecule has 0 radical (unpaired) electrons. The Labute approximate surface area is 108 Å². The standard InChI is InChI=1S/C14H18N2O2/c1-3-18-9-5-8-14(17)16(2)13-7-4-6-12(10-13)11-15/h4,6-7,10H,3,5,8-9H2,1-2H3. The summed E-state index contributed by atoms with van der Waals surface area (Å²) in [7, 11) is 1.72. The number of amides is 1. The van der Waals surface area contributed by atoms with E-state index in [-0.39, 0.29) is 5.91 Å². The number of anilines is 1. The molecule has 1 rings (SSSR count). The molecule has 0 saturated carbocycles. The number of ether oxygens (including phenoxy) is 1. The summed E-state index contributed by atoms with van der Waals surface area (Å²) in [4.78, 5) is 13.5. The lowest BCUT2D eigenvalue weighted by Crippen LogP contribution is -2.26. The number of nitriles is 1. The molecule has 1 aromatic carbocycles. The number of hydrogen-bond donors (Lipinski definition) is 0. The van der Waals surface area contributed by atoms with Crippen molar-refractivity contribution >= 4 is 11.6 Å². The molecule has 0 heterocycles. The van der Waals surface area contributed by atoms with Crippen molar-refractivity contribution in [2.75, 3.05) is 25.2 Å². The van der Waals surface area contributed by atoms with Gasteiger partial charge in [-0.25, -0.2) is 0 Å². The SMILES string of the molecule is CCOCCCC(=O)N(C)c1cccc(C#N)c1. The van der Waals surface area contributed by atoms with Gasteiger partial charge in [0, 0.05) is 32.4 Å². The number of rotatable bonds is 6. The predicted molar refractivity (Wildman–Crippen MR) is 70.3 cm³/mol. The Morgan fingerprint density at radius 3 is 2.94 bits per heavy atom. The maximum Gasteiger partial charge on any atom is 0.226 e. The molecule has 0 saturated heterocycles. The van der Waals surface area contributed by atoms with E-state index in [1.807, 2.05) is 13.0 Å². The fraction of sp³-hybridized carbons (Fsp3) is 0.429. The van der Waals surface area contributed by atoms with Gasteiger partial charge in [0.1, 0.15) is 0 Å². The van der Waals surface area contributed by atoms with Crippen LogP contribution in [0.5, 0.6) is 0 Å². The summed E-state index contributed by atoms with van der Waals surface area (Å²) in [5.41, 5.74) is 1.30. The summed E-state index contributed by atoms with van der Waals surface area (Å²) in [5, 5.41) is 8.81. The second-order valence-corrected chi connectivity index (χ2v) is 3.92. The van der Waals surface area contributed by atoms with Gasteiger partial charge in [-0.3, -0.25) is 4.79 Å². The van der Waals surface area contributed by atoms with Gasteiger partial charge in [-0.1, -0.05) is 6.07 Å². The molecule has 0 aliphatic carbocycles. The van der Waals surface area contributed by atoms with Crippen LogP contribution in [0.4, 0.5) is 5.69 Å². The molecule has 0 atom stereocenters. The molecule has 0 aliphatic rings. The molecular formula is C14H18N2O2. The van der Waals surface area contributed by atoms with Crippen LogP contribution >= 0.6 is 0 Å². The molecule has 0 bridgehead atoms. The largest absolute Gasteiger partial charge is 0.382 e. The van der Waals surface area contributed by atoms with Crippen LogP contribution in [0.3, 0.4) is 0 Å². The smallest absolute Gasteiger partial charge is 0.226 e. The first-order chi connectivity index (χ1) is 8.69. The summed E-state index contributed by atoms with van der Waals surface area (Å²) in [5.74, 6) is 0.0322. The number of hydrogen-bond acceptors (Lipinski definition) is 3. The zero-order valence-electron chi connectivity index (χ0n) is 10.8. The van der Waals surface area contributed by atoms with E-state index in [4.69, 9.17) is 10.00 Å². The highest BCUT2D eigenvalue weighted by atomic mass is 16.5. The minimum atomic E-state index is 0.0322. The van der Waals surface area contributed by atoms with Crippen molar-refractivity contribution in [2.45, 2.75) is 19.8 Å². The van der Waals surface area contributed by atoms with Crippen molar-refractivity contribution in [3.63, 3.8) is 0 Å². The summed E-state index contributed by atoms with van der Waals surface area (Å²) in [6, 6.07) is 9.09. The van der Waals surface area contributed by atoms with E-state index in [9.17, 15) is 4.79 Å². The molecule has 96 valence electrons. The van der Waals surface area contributed by atoms with Gasteiger partial charge in [0.25, 0.3) is 0 Å². The highest BCUT2D eigenvalue weighted by Gasteiger charge is 2.10. The average Bonchev–Trinajstić information content (AvgIpc) is 2.42. The molecule has 0 fully saturated rings. The number of nitrogens with zero attached hydrogens (tertiary/aromatic N) is 2. The Morgan fingerprint density at radius 2 is 2.28 bits per heavy atom. The van der Waals surface area contributed by atoms with E-state index >= 15 is 0 Å². The van der Waals surface area contributed by atoms with Crippen molar-refractivity contribution in [2.24, 2.45) is 0 Å². The van der Waals surface area contributed by atoms with Crippen LogP contribution in [0.2, 0.25) is 0 Å². The van der Waals surface area contributed by atoms with Gasteiger partial charge in [0.15, 0.2) is 0 Å². The van der Waals surface area contributed by atoms with Crippen LogP contribution in [0.15, 0.2) is 24.3 Å². The lowest BCUT2D eigenvalue weighted by Gasteiger charge is -2.17. The predicted octanol–water partition coefficient (Wildman–Crippen LogP) is 2.34. The molecule has 4 heteroatoms. The van der Waals surface area contributed by atoms with Crippen LogP contribution < -0.4 is 4.90 Å². The van der Waals surface area contributed by atoms with Crippen LogP contribution in [-0.2, 0) is 9.53 Å². The van der Waals surface area contributed by atoms with Gasteiger partial charge >= 0.3 is 0 Å². The fourth-order valence-corrected chi connectivity index (χ4v) is 1.57. The second kappa shape index (κ2) is 7.46. The molecule has 4 nitrogen and oxygen atoms in total. The molecule has 0 spiro atoms. The highest BCUT2D eigenvalue weighted by molar-refractivity contribution is 5.92. The van der Waals surface area contributed by atoms with E-state index < -0.39 is 0 Å². The minimum Gasteiger partial charge on any atom is -0.382 e. The second-order valence-electron chi connectivity index (χ2n) is 3.92. The average molecular weight is 246 g/mol. The van der Waals surface area contributed by atoms with Gasteiger partial charge in [-0.05, 0) is 31.5 Å². The van der Waals surface area contributed by atoms with Gasteiger partial charge in [-0.2, -0.15) is 5.26 Å². The zero-order valence-corrected chi connectivity index (χ0v) is 10.8. The summed E-state index contributed by atoms with van der Waals surface area (Å²) >= 11 is 0. The maximum absolute atomic E-state index is 11.9. The first kappa shape index (κ1) is 14.2. The third kappa shape index (κ3) is 4.19. The Kier molecular flexibility index (Phi) is 5.89. The van der Waals surface area contributed by atoms with E-state index in [1.54, 1.807) is 30.1 Å². The van der Waals surface area contributed by atoms with Crippen LogP contribution in [0, 0.1) is 11.3 Å². The first-order valence-electron chi connectivity index (χ1n) is 6.03. The monoisotopic (exact) mass is 246 g/mol.